The van der Waals surface area contributed by atoms with E-state index in [4.69, 9.17) is 0 Å². The van der Waals surface area contributed by atoms with Gasteiger partial charge in [-0.15, -0.1) is 0 Å². The molecule has 0 spiro atoms. The molecule has 0 unspecified atom stereocenters. The quantitative estimate of drug-likeness (QED) is 0.775. The Balaban J connectivity index is 2.62. The number of nitrogens with zero attached hydrogens (tertiary/aromatic N) is 4. The molecular weight excluding hydrogens is 254 g/mol. The highest BCUT2D eigenvalue weighted by Crippen LogP contribution is 2.05. The van der Waals surface area contributed by atoms with Gasteiger partial charge in [0.15, 0.2) is 0 Å². The third-order valence-corrected chi connectivity index (χ3v) is 2.85. The van der Waals surface area contributed by atoms with Crippen LogP contribution in [0.25, 0.3) is 0 Å². The molecule has 0 saturated carbocycles. The molecular formula is C14H25N5O. The topological polar surface area (TPSA) is 61.4 Å². The van der Waals surface area contributed by atoms with Crippen LogP contribution in [0, 0.1) is 0 Å². The van der Waals surface area contributed by atoms with Gasteiger partial charge < -0.3 is 10.2 Å². The van der Waals surface area contributed by atoms with E-state index in [1.165, 1.54) is 0 Å². The number of hydrogen-bond acceptors (Lipinski definition) is 5. The third kappa shape index (κ3) is 5.52. The first-order valence-electron chi connectivity index (χ1n) is 7.04. The zero-order chi connectivity index (χ0) is 15.0. The van der Waals surface area contributed by atoms with E-state index < -0.39 is 0 Å². The van der Waals surface area contributed by atoms with Gasteiger partial charge in [-0.25, -0.2) is 4.98 Å². The second-order valence-electron chi connectivity index (χ2n) is 4.92. The number of amides is 1. The number of rotatable bonds is 8. The minimum absolute atomic E-state index is 0.107. The Labute approximate surface area is 121 Å². The average molecular weight is 279 g/mol. The number of hydrogen-bond donors (Lipinski definition) is 1. The molecule has 6 nitrogen and oxygen atoms in total. The van der Waals surface area contributed by atoms with Crippen molar-refractivity contribution in [1.82, 2.24) is 19.8 Å². The maximum atomic E-state index is 11.8. The third-order valence-electron chi connectivity index (χ3n) is 2.85. The van der Waals surface area contributed by atoms with E-state index in [9.17, 15) is 4.79 Å². The number of likely N-dealkylation sites (N-methyl/N-ethyl adjacent to an activating group) is 1. The van der Waals surface area contributed by atoms with E-state index in [-0.39, 0.29) is 5.91 Å². The smallest absolute Gasteiger partial charge is 0.236 e. The molecule has 6 heteroatoms. The zero-order valence-electron chi connectivity index (χ0n) is 12.9. The van der Waals surface area contributed by atoms with E-state index in [1.54, 1.807) is 31.4 Å². The Morgan fingerprint density at radius 2 is 2.00 bits per heavy atom. The molecule has 0 aliphatic carbocycles. The molecule has 20 heavy (non-hydrogen) atoms. The summed E-state index contributed by atoms with van der Waals surface area (Å²) in [4.78, 5) is 24.2. The van der Waals surface area contributed by atoms with Crippen LogP contribution in [0.3, 0.4) is 0 Å². The van der Waals surface area contributed by atoms with Gasteiger partial charge in [0, 0.05) is 27.2 Å². The number of aromatic nitrogens is 2. The van der Waals surface area contributed by atoms with Gasteiger partial charge in [-0.05, 0) is 19.9 Å². The van der Waals surface area contributed by atoms with Crippen molar-refractivity contribution < 1.29 is 4.79 Å². The number of anilines is 1. The largest absolute Gasteiger partial charge is 0.369 e. The summed E-state index contributed by atoms with van der Waals surface area (Å²) in [5, 5.41) is 3.11. The standard InChI is InChI=1S/C14H25N5O/c1-5-7-19(11-14(20)18(3)4)10-12-8-17-13(9-16-12)15-6-2/h8-9H,5-7,10-11H2,1-4H3,(H,15,17). The summed E-state index contributed by atoms with van der Waals surface area (Å²) in [6, 6.07) is 0. The summed E-state index contributed by atoms with van der Waals surface area (Å²) in [6.07, 6.45) is 4.50. The Kier molecular flexibility index (Phi) is 6.93. The number of carbonyl (C=O) groups is 1. The molecule has 112 valence electrons. The van der Waals surface area contributed by atoms with Crippen molar-refractivity contribution in [3.8, 4) is 0 Å². The summed E-state index contributed by atoms with van der Waals surface area (Å²) in [5.41, 5.74) is 0.881. The lowest BCUT2D eigenvalue weighted by molar-refractivity contribution is -0.130. The van der Waals surface area contributed by atoms with Crippen LogP contribution in [0.5, 0.6) is 0 Å². The summed E-state index contributed by atoms with van der Waals surface area (Å²) in [6.45, 7) is 6.88. The molecule has 1 aromatic heterocycles. The van der Waals surface area contributed by atoms with Crippen LogP contribution >= 0.6 is 0 Å². The lowest BCUT2D eigenvalue weighted by atomic mass is 10.3. The molecule has 0 aromatic carbocycles. The highest BCUT2D eigenvalue weighted by atomic mass is 16.2. The van der Waals surface area contributed by atoms with E-state index in [0.717, 1.165) is 31.0 Å². The second kappa shape index (κ2) is 8.47. The molecule has 1 amide bonds. The van der Waals surface area contributed by atoms with Crippen LogP contribution in [0.15, 0.2) is 12.4 Å². The van der Waals surface area contributed by atoms with Gasteiger partial charge in [-0.1, -0.05) is 6.92 Å². The zero-order valence-corrected chi connectivity index (χ0v) is 12.9. The Morgan fingerprint density at radius 1 is 1.25 bits per heavy atom. The molecule has 0 fully saturated rings. The fraction of sp³-hybridized carbons (Fsp3) is 0.643. The summed E-state index contributed by atoms with van der Waals surface area (Å²) >= 11 is 0. The van der Waals surface area contributed by atoms with Crippen molar-refractivity contribution in [2.24, 2.45) is 0 Å². The van der Waals surface area contributed by atoms with Gasteiger partial charge in [-0.3, -0.25) is 14.7 Å². The van der Waals surface area contributed by atoms with Gasteiger partial charge in [0.05, 0.1) is 24.6 Å². The van der Waals surface area contributed by atoms with Crippen LogP contribution in [0.2, 0.25) is 0 Å². The second-order valence-corrected chi connectivity index (χ2v) is 4.92. The van der Waals surface area contributed by atoms with Crippen LogP contribution in [0.4, 0.5) is 5.82 Å². The molecule has 0 aliphatic rings. The molecule has 0 bridgehead atoms. The number of nitrogens with one attached hydrogen (secondary N) is 1. The molecule has 0 radical (unpaired) electrons. The van der Waals surface area contributed by atoms with Crippen LogP contribution < -0.4 is 5.32 Å². The SMILES string of the molecule is CCCN(CC(=O)N(C)C)Cc1cnc(NCC)cn1. The predicted molar refractivity (Wildman–Crippen MR) is 80.5 cm³/mol. The average Bonchev–Trinajstić information content (AvgIpc) is 2.41. The maximum absolute atomic E-state index is 11.8. The Bertz CT molecular complexity index is 405. The normalized spacial score (nSPS) is 10.7. The molecule has 0 saturated heterocycles. The first-order chi connectivity index (χ1) is 9.56. The number of carbonyl (C=O) groups excluding carboxylic acids is 1. The van der Waals surface area contributed by atoms with Gasteiger partial charge >= 0.3 is 0 Å². The van der Waals surface area contributed by atoms with Crippen LogP contribution in [0.1, 0.15) is 26.0 Å². The van der Waals surface area contributed by atoms with Crippen molar-refractivity contribution in [1.29, 1.82) is 0 Å². The van der Waals surface area contributed by atoms with Gasteiger partial charge in [0.1, 0.15) is 5.82 Å². The highest BCUT2D eigenvalue weighted by Gasteiger charge is 2.12. The van der Waals surface area contributed by atoms with Gasteiger partial charge in [0.2, 0.25) is 5.91 Å². The predicted octanol–water partition coefficient (Wildman–Crippen LogP) is 1.21. The van der Waals surface area contributed by atoms with Gasteiger partial charge in [0.25, 0.3) is 0 Å². The van der Waals surface area contributed by atoms with E-state index in [2.05, 4.69) is 27.1 Å². The molecule has 0 aliphatic heterocycles. The van der Waals surface area contributed by atoms with Crippen LogP contribution in [-0.4, -0.2) is 59.4 Å². The first kappa shape index (κ1) is 16.4. The van der Waals surface area contributed by atoms with Crippen molar-refractivity contribution in [2.75, 3.05) is 39.0 Å². The van der Waals surface area contributed by atoms with E-state index >= 15 is 0 Å². The minimum Gasteiger partial charge on any atom is -0.369 e. The lowest BCUT2D eigenvalue weighted by Crippen LogP contribution is -2.36. The first-order valence-corrected chi connectivity index (χ1v) is 7.04. The van der Waals surface area contributed by atoms with Crippen molar-refractivity contribution >= 4 is 11.7 Å². The van der Waals surface area contributed by atoms with E-state index in [0.29, 0.717) is 13.1 Å². The minimum atomic E-state index is 0.107. The van der Waals surface area contributed by atoms with Crippen LogP contribution in [-0.2, 0) is 11.3 Å². The fourth-order valence-corrected chi connectivity index (χ4v) is 1.80. The summed E-state index contributed by atoms with van der Waals surface area (Å²) in [5.74, 6) is 0.887. The van der Waals surface area contributed by atoms with Crippen molar-refractivity contribution in [2.45, 2.75) is 26.8 Å². The molecule has 1 heterocycles. The Morgan fingerprint density at radius 3 is 2.50 bits per heavy atom. The summed E-state index contributed by atoms with van der Waals surface area (Å²) in [7, 11) is 3.55. The summed E-state index contributed by atoms with van der Waals surface area (Å²) < 4.78 is 0. The highest BCUT2D eigenvalue weighted by molar-refractivity contribution is 5.77. The van der Waals surface area contributed by atoms with E-state index in [1.807, 2.05) is 6.92 Å². The Hall–Kier alpha value is -1.69. The molecule has 1 aromatic rings. The maximum Gasteiger partial charge on any atom is 0.236 e. The lowest BCUT2D eigenvalue weighted by Gasteiger charge is -2.22. The monoisotopic (exact) mass is 279 g/mol. The van der Waals surface area contributed by atoms with Crippen molar-refractivity contribution in [3.63, 3.8) is 0 Å². The molecule has 0 atom stereocenters. The van der Waals surface area contributed by atoms with Gasteiger partial charge in [-0.2, -0.15) is 0 Å². The molecule has 1 N–H and O–H groups in total. The fourth-order valence-electron chi connectivity index (χ4n) is 1.80. The molecule has 1 rings (SSSR count). The van der Waals surface area contributed by atoms with Crippen molar-refractivity contribution in [3.05, 3.63) is 18.1 Å².